The highest BCUT2D eigenvalue weighted by Crippen LogP contribution is 2.35. The summed E-state index contributed by atoms with van der Waals surface area (Å²) in [6.45, 7) is 0.772. The maximum atomic E-state index is 12.8. The second-order valence-electron chi connectivity index (χ2n) is 5.51. The van der Waals surface area contributed by atoms with Gasteiger partial charge >= 0.3 is 0 Å². The van der Waals surface area contributed by atoms with Crippen molar-refractivity contribution in [2.75, 3.05) is 6.54 Å². The number of H-pyrrole nitrogens is 1. The number of likely N-dealkylation sites (tertiary alicyclic amines) is 1. The van der Waals surface area contributed by atoms with Gasteiger partial charge in [-0.1, -0.05) is 12.1 Å². The number of phenolic OH excluding ortho intramolecular Hbond substituents is 1. The number of hydrogen-bond donors (Lipinski definition) is 2. The molecule has 1 aliphatic heterocycles. The zero-order chi connectivity index (χ0) is 15.1. The summed E-state index contributed by atoms with van der Waals surface area (Å²) in [5.74, 6) is 0.324. The van der Waals surface area contributed by atoms with Gasteiger partial charge in [0.2, 0.25) is 0 Å². The summed E-state index contributed by atoms with van der Waals surface area (Å²) in [6.07, 6.45) is 3.70. The van der Waals surface area contributed by atoms with Crippen LogP contribution in [0.5, 0.6) is 5.75 Å². The molecule has 0 bridgehead atoms. The van der Waals surface area contributed by atoms with Gasteiger partial charge in [0.05, 0.1) is 17.1 Å². The molecule has 1 aliphatic rings. The van der Waals surface area contributed by atoms with E-state index in [1.54, 1.807) is 18.3 Å². The lowest BCUT2D eigenvalue weighted by Gasteiger charge is -2.24. The minimum Gasteiger partial charge on any atom is -0.508 e. The van der Waals surface area contributed by atoms with Crippen LogP contribution in [0, 0.1) is 0 Å². The van der Waals surface area contributed by atoms with Crippen molar-refractivity contribution in [1.29, 1.82) is 0 Å². The molecule has 3 aromatic rings. The van der Waals surface area contributed by atoms with Crippen molar-refractivity contribution in [2.24, 2.45) is 0 Å². The van der Waals surface area contributed by atoms with Gasteiger partial charge in [-0.2, -0.15) is 5.10 Å². The van der Waals surface area contributed by atoms with Crippen LogP contribution in [0.1, 0.15) is 34.1 Å². The van der Waals surface area contributed by atoms with Gasteiger partial charge in [0, 0.05) is 11.9 Å². The molecule has 1 fully saturated rings. The van der Waals surface area contributed by atoms with E-state index in [2.05, 4.69) is 10.2 Å². The van der Waals surface area contributed by atoms with Gasteiger partial charge in [0.25, 0.3) is 5.91 Å². The highest BCUT2D eigenvalue weighted by molar-refractivity contribution is 7.20. The Morgan fingerprint density at radius 2 is 2.18 bits per heavy atom. The number of amides is 1. The molecular weight excluding hydrogens is 298 g/mol. The Morgan fingerprint density at radius 3 is 2.95 bits per heavy atom. The molecule has 0 saturated carbocycles. The quantitative estimate of drug-likeness (QED) is 0.762. The van der Waals surface area contributed by atoms with Gasteiger partial charge < -0.3 is 10.0 Å². The van der Waals surface area contributed by atoms with Crippen LogP contribution in [0.2, 0.25) is 0 Å². The van der Waals surface area contributed by atoms with Crippen LogP contribution >= 0.6 is 11.3 Å². The Balaban J connectivity index is 1.63. The lowest BCUT2D eigenvalue weighted by Crippen LogP contribution is -2.29. The van der Waals surface area contributed by atoms with E-state index in [4.69, 9.17) is 0 Å². The van der Waals surface area contributed by atoms with Crippen molar-refractivity contribution in [2.45, 2.75) is 18.9 Å². The number of benzene rings is 1. The Hall–Kier alpha value is -2.34. The van der Waals surface area contributed by atoms with E-state index < -0.39 is 0 Å². The fraction of sp³-hybridized carbons (Fsp3) is 0.250. The Labute approximate surface area is 131 Å². The molecule has 112 valence electrons. The summed E-state index contributed by atoms with van der Waals surface area (Å²) in [5.41, 5.74) is 1.08. The molecular formula is C16H15N3O2S. The zero-order valence-electron chi connectivity index (χ0n) is 11.8. The number of fused-ring (bicyclic) bond motifs is 1. The second-order valence-corrected chi connectivity index (χ2v) is 6.57. The Morgan fingerprint density at radius 1 is 1.36 bits per heavy atom. The van der Waals surface area contributed by atoms with Crippen molar-refractivity contribution in [3.63, 3.8) is 0 Å². The number of aromatic nitrogens is 2. The molecule has 4 rings (SSSR count). The fourth-order valence-electron chi connectivity index (χ4n) is 3.05. The van der Waals surface area contributed by atoms with Crippen molar-refractivity contribution < 1.29 is 9.90 Å². The number of hydrogen-bond acceptors (Lipinski definition) is 4. The van der Waals surface area contributed by atoms with Crippen molar-refractivity contribution >= 4 is 27.5 Å². The first-order chi connectivity index (χ1) is 10.7. The molecule has 0 aliphatic carbocycles. The monoisotopic (exact) mass is 313 g/mol. The van der Waals surface area contributed by atoms with Crippen molar-refractivity contribution in [3.05, 3.63) is 47.0 Å². The first-order valence-electron chi connectivity index (χ1n) is 7.25. The first-order valence-corrected chi connectivity index (χ1v) is 8.07. The number of aromatic hydroxyl groups is 1. The zero-order valence-corrected chi connectivity index (χ0v) is 12.6. The normalized spacial score (nSPS) is 18.2. The van der Waals surface area contributed by atoms with E-state index in [0.29, 0.717) is 0 Å². The smallest absolute Gasteiger partial charge is 0.264 e. The number of carbonyl (C=O) groups excluding carboxylic acids is 1. The lowest BCUT2D eigenvalue weighted by molar-refractivity contribution is 0.0740. The van der Waals surface area contributed by atoms with E-state index in [0.717, 1.165) is 40.0 Å². The third-order valence-corrected chi connectivity index (χ3v) is 5.18. The lowest BCUT2D eigenvalue weighted by atomic mass is 10.0. The van der Waals surface area contributed by atoms with Crippen LogP contribution < -0.4 is 0 Å². The van der Waals surface area contributed by atoms with Gasteiger partial charge in [-0.15, -0.1) is 11.3 Å². The highest BCUT2D eigenvalue weighted by atomic mass is 32.1. The van der Waals surface area contributed by atoms with Crippen LogP contribution in [0.3, 0.4) is 0 Å². The topological polar surface area (TPSA) is 69.2 Å². The Bertz CT molecular complexity index is 793. The van der Waals surface area contributed by atoms with Gasteiger partial charge in [-0.05, 0) is 36.6 Å². The predicted octanol–water partition coefficient (Wildman–Crippen LogP) is 3.31. The molecule has 1 unspecified atom stereocenters. The minimum atomic E-state index is 0.0742. The van der Waals surface area contributed by atoms with Crippen molar-refractivity contribution in [3.8, 4) is 5.75 Å². The first kappa shape index (κ1) is 13.3. The van der Waals surface area contributed by atoms with Crippen LogP contribution in [0.4, 0.5) is 0 Å². The molecule has 1 saturated heterocycles. The molecule has 0 radical (unpaired) electrons. The molecule has 1 atom stereocenters. The SMILES string of the molecule is O=C(c1cc2cn[nH]c2s1)N1CCCC1c1ccc(O)cc1. The summed E-state index contributed by atoms with van der Waals surface area (Å²) in [6, 6.07) is 9.14. The summed E-state index contributed by atoms with van der Waals surface area (Å²) >= 11 is 1.45. The highest BCUT2D eigenvalue weighted by Gasteiger charge is 2.31. The standard InChI is InChI=1S/C16H15N3O2S/c20-12-5-3-10(4-6-12)13-2-1-7-19(13)16(21)14-8-11-9-17-18-15(11)22-14/h3-6,8-9,13,20H,1-2,7H2,(H,17,18). The molecule has 6 heteroatoms. The largest absolute Gasteiger partial charge is 0.508 e. The van der Waals surface area contributed by atoms with Crippen LogP contribution in [0.15, 0.2) is 36.5 Å². The Kier molecular flexibility index (Phi) is 3.11. The van der Waals surface area contributed by atoms with E-state index in [1.165, 1.54) is 11.3 Å². The number of nitrogens with zero attached hydrogens (tertiary/aromatic N) is 2. The summed E-state index contributed by atoms with van der Waals surface area (Å²) < 4.78 is 0. The number of thiophene rings is 1. The van der Waals surface area contributed by atoms with Gasteiger partial charge in [0.15, 0.2) is 0 Å². The molecule has 2 N–H and O–H groups in total. The average Bonchev–Trinajstić information content (AvgIpc) is 3.22. The molecule has 3 heterocycles. The summed E-state index contributed by atoms with van der Waals surface area (Å²) in [5, 5.41) is 17.3. The van der Waals surface area contributed by atoms with E-state index >= 15 is 0 Å². The van der Waals surface area contributed by atoms with Crippen molar-refractivity contribution in [1.82, 2.24) is 15.1 Å². The van der Waals surface area contributed by atoms with Gasteiger partial charge in [0.1, 0.15) is 10.6 Å². The van der Waals surface area contributed by atoms with Gasteiger partial charge in [-0.25, -0.2) is 0 Å². The number of aromatic amines is 1. The molecule has 1 aromatic carbocycles. The maximum absolute atomic E-state index is 12.8. The fourth-order valence-corrected chi connectivity index (χ4v) is 3.99. The average molecular weight is 313 g/mol. The molecule has 0 spiro atoms. The van der Waals surface area contributed by atoms with Crippen LogP contribution in [-0.4, -0.2) is 32.7 Å². The van der Waals surface area contributed by atoms with Gasteiger partial charge in [-0.3, -0.25) is 9.89 Å². The molecule has 22 heavy (non-hydrogen) atoms. The van der Waals surface area contributed by atoms with Crippen LogP contribution in [-0.2, 0) is 0 Å². The number of carbonyl (C=O) groups is 1. The third kappa shape index (κ3) is 2.16. The van der Waals surface area contributed by atoms with E-state index in [-0.39, 0.29) is 17.7 Å². The predicted molar refractivity (Wildman–Crippen MR) is 85.1 cm³/mol. The molecule has 5 nitrogen and oxygen atoms in total. The molecule has 1 amide bonds. The summed E-state index contributed by atoms with van der Waals surface area (Å²) in [7, 11) is 0. The number of phenols is 1. The maximum Gasteiger partial charge on any atom is 0.264 e. The number of nitrogens with one attached hydrogen (secondary N) is 1. The minimum absolute atomic E-state index is 0.0742. The van der Waals surface area contributed by atoms with E-state index in [1.807, 2.05) is 23.1 Å². The van der Waals surface area contributed by atoms with Crippen LogP contribution in [0.25, 0.3) is 10.2 Å². The second kappa shape index (κ2) is 5.14. The summed E-state index contributed by atoms with van der Waals surface area (Å²) in [4.78, 5) is 16.4. The molecule has 2 aromatic heterocycles. The van der Waals surface area contributed by atoms with E-state index in [9.17, 15) is 9.90 Å². The number of rotatable bonds is 2. The third-order valence-electron chi connectivity index (χ3n) is 4.13.